The van der Waals surface area contributed by atoms with Gasteiger partial charge in [-0.3, -0.25) is 14.5 Å². The molecule has 0 radical (unpaired) electrons. The fourth-order valence-electron chi connectivity index (χ4n) is 4.71. The zero-order valence-electron chi connectivity index (χ0n) is 12.3. The number of aromatic nitrogens is 4. The molecule has 2 amide bonds. The number of carbonyl (C=O) groups is 2. The Morgan fingerprint density at radius 2 is 1.65 bits per heavy atom. The first-order chi connectivity index (χ1) is 11.2. The number of benzene rings is 1. The summed E-state index contributed by atoms with van der Waals surface area (Å²) in [6.07, 6.45) is 3.24. The van der Waals surface area contributed by atoms with Crippen molar-refractivity contribution in [1.29, 1.82) is 0 Å². The lowest BCUT2D eigenvalue weighted by atomic mass is 9.81. The lowest BCUT2D eigenvalue weighted by Gasteiger charge is -2.19. The molecule has 2 heterocycles. The van der Waals surface area contributed by atoms with E-state index >= 15 is 0 Å². The molecule has 5 rings (SSSR count). The van der Waals surface area contributed by atoms with E-state index in [1.807, 2.05) is 12.1 Å². The SMILES string of the molecule is O=C1C2C3CCC(C3)C2C(=O)N1c1ccc(-c2nn[nH]n2)cc1. The summed E-state index contributed by atoms with van der Waals surface area (Å²) in [5.41, 5.74) is 1.43. The predicted octanol–water partition coefficient (Wildman–Crippen LogP) is 1.40. The highest BCUT2D eigenvalue weighted by atomic mass is 16.2. The third-order valence-corrected chi connectivity index (χ3v) is 5.66. The Morgan fingerprint density at radius 1 is 1.00 bits per heavy atom. The van der Waals surface area contributed by atoms with Crippen molar-refractivity contribution >= 4 is 17.5 Å². The second-order valence-corrected chi connectivity index (χ2v) is 6.68. The number of nitrogens with zero attached hydrogens (tertiary/aromatic N) is 4. The molecule has 2 aliphatic carbocycles. The molecule has 1 aromatic carbocycles. The molecule has 0 spiro atoms. The molecular formula is C16H15N5O2. The number of aromatic amines is 1. The molecule has 1 aliphatic heterocycles. The molecule has 2 saturated carbocycles. The van der Waals surface area contributed by atoms with Crippen LogP contribution in [0.5, 0.6) is 0 Å². The van der Waals surface area contributed by atoms with Crippen molar-refractivity contribution in [2.24, 2.45) is 23.7 Å². The van der Waals surface area contributed by atoms with E-state index in [9.17, 15) is 9.59 Å². The molecule has 2 bridgehead atoms. The van der Waals surface area contributed by atoms with Crippen molar-refractivity contribution in [3.05, 3.63) is 24.3 Å². The van der Waals surface area contributed by atoms with E-state index in [1.165, 1.54) is 4.90 Å². The van der Waals surface area contributed by atoms with Gasteiger partial charge in [-0.25, -0.2) is 0 Å². The minimum absolute atomic E-state index is 0.0143. The molecular weight excluding hydrogens is 294 g/mol. The van der Waals surface area contributed by atoms with Gasteiger partial charge in [-0.15, -0.1) is 10.2 Å². The molecule has 116 valence electrons. The molecule has 4 atom stereocenters. The Balaban J connectivity index is 1.48. The summed E-state index contributed by atoms with van der Waals surface area (Å²) in [6, 6.07) is 7.18. The first kappa shape index (κ1) is 12.9. The monoisotopic (exact) mass is 309 g/mol. The van der Waals surface area contributed by atoms with E-state index < -0.39 is 0 Å². The summed E-state index contributed by atoms with van der Waals surface area (Å²) >= 11 is 0. The topological polar surface area (TPSA) is 91.8 Å². The fourth-order valence-corrected chi connectivity index (χ4v) is 4.71. The molecule has 2 aromatic rings. The van der Waals surface area contributed by atoms with Gasteiger partial charge in [0.05, 0.1) is 17.5 Å². The van der Waals surface area contributed by atoms with E-state index in [-0.39, 0.29) is 23.7 Å². The highest BCUT2D eigenvalue weighted by Crippen LogP contribution is 2.56. The van der Waals surface area contributed by atoms with Gasteiger partial charge in [0.2, 0.25) is 17.6 Å². The third kappa shape index (κ3) is 1.67. The Morgan fingerprint density at radius 3 is 2.22 bits per heavy atom. The number of H-pyrrole nitrogens is 1. The predicted molar refractivity (Wildman–Crippen MR) is 79.9 cm³/mol. The number of anilines is 1. The van der Waals surface area contributed by atoms with Gasteiger partial charge < -0.3 is 0 Å². The number of hydrogen-bond acceptors (Lipinski definition) is 5. The van der Waals surface area contributed by atoms with E-state index in [0.717, 1.165) is 24.8 Å². The minimum Gasteiger partial charge on any atom is -0.274 e. The minimum atomic E-state index is -0.0851. The standard InChI is InChI=1S/C16H15N5O2/c22-15-12-9-1-2-10(7-9)13(12)16(23)21(15)11-5-3-8(4-6-11)14-17-19-20-18-14/h3-6,9-10,12-13H,1-2,7H2,(H,17,18,19,20). The highest BCUT2D eigenvalue weighted by molar-refractivity contribution is 6.22. The highest BCUT2D eigenvalue weighted by Gasteiger charge is 2.61. The zero-order valence-corrected chi connectivity index (χ0v) is 12.3. The molecule has 1 N–H and O–H groups in total. The average Bonchev–Trinajstić information content (AvgIpc) is 3.33. The number of imide groups is 1. The van der Waals surface area contributed by atoms with Crippen LogP contribution >= 0.6 is 0 Å². The van der Waals surface area contributed by atoms with E-state index in [0.29, 0.717) is 23.3 Å². The normalized spacial score (nSPS) is 31.9. The number of hydrogen-bond donors (Lipinski definition) is 1. The maximum atomic E-state index is 12.8. The molecule has 7 nitrogen and oxygen atoms in total. The lowest BCUT2D eigenvalue weighted by Crippen LogP contribution is -2.32. The van der Waals surface area contributed by atoms with Gasteiger partial charge in [0, 0.05) is 5.56 Å². The first-order valence-electron chi connectivity index (χ1n) is 7.96. The van der Waals surface area contributed by atoms with Crippen LogP contribution in [-0.4, -0.2) is 32.4 Å². The number of rotatable bonds is 2. The zero-order chi connectivity index (χ0) is 15.6. The summed E-state index contributed by atoms with van der Waals surface area (Å²) in [7, 11) is 0. The van der Waals surface area contributed by atoms with E-state index in [4.69, 9.17) is 0 Å². The number of carbonyl (C=O) groups excluding carboxylic acids is 2. The van der Waals surface area contributed by atoms with Crippen molar-refractivity contribution in [3.63, 3.8) is 0 Å². The van der Waals surface area contributed by atoms with Crippen LogP contribution in [0.15, 0.2) is 24.3 Å². The van der Waals surface area contributed by atoms with Crippen LogP contribution in [0.25, 0.3) is 11.4 Å². The van der Waals surface area contributed by atoms with Crippen molar-refractivity contribution in [2.45, 2.75) is 19.3 Å². The summed E-state index contributed by atoms with van der Waals surface area (Å²) in [5, 5.41) is 13.8. The van der Waals surface area contributed by atoms with Gasteiger partial charge in [-0.1, -0.05) is 0 Å². The Kier molecular flexibility index (Phi) is 2.51. The van der Waals surface area contributed by atoms with Gasteiger partial charge in [-0.2, -0.15) is 5.21 Å². The maximum absolute atomic E-state index is 12.8. The fraction of sp³-hybridized carbons (Fsp3) is 0.438. The summed E-state index contributed by atoms with van der Waals surface area (Å²) in [4.78, 5) is 26.9. The van der Waals surface area contributed by atoms with Crippen LogP contribution < -0.4 is 4.90 Å². The third-order valence-electron chi connectivity index (χ3n) is 5.66. The second-order valence-electron chi connectivity index (χ2n) is 6.68. The van der Waals surface area contributed by atoms with Crippen molar-refractivity contribution in [2.75, 3.05) is 4.90 Å². The van der Waals surface area contributed by atoms with Crippen LogP contribution in [0.3, 0.4) is 0 Å². The van der Waals surface area contributed by atoms with Gasteiger partial charge >= 0.3 is 0 Å². The summed E-state index contributed by atoms with van der Waals surface area (Å²) in [5.74, 6) is 1.11. The number of fused-ring (bicyclic) bond motifs is 5. The molecule has 3 aliphatic rings. The molecule has 1 aromatic heterocycles. The van der Waals surface area contributed by atoms with Crippen molar-refractivity contribution in [3.8, 4) is 11.4 Å². The molecule has 1 saturated heterocycles. The summed E-state index contributed by atoms with van der Waals surface area (Å²) < 4.78 is 0. The van der Waals surface area contributed by atoms with Gasteiger partial charge in [0.15, 0.2) is 0 Å². The molecule has 23 heavy (non-hydrogen) atoms. The Hall–Kier alpha value is -2.57. The van der Waals surface area contributed by atoms with Crippen LogP contribution in [0.1, 0.15) is 19.3 Å². The Bertz CT molecular complexity index is 757. The number of amides is 2. The smallest absolute Gasteiger partial charge is 0.237 e. The number of tetrazole rings is 1. The van der Waals surface area contributed by atoms with Crippen molar-refractivity contribution < 1.29 is 9.59 Å². The maximum Gasteiger partial charge on any atom is 0.237 e. The largest absolute Gasteiger partial charge is 0.274 e. The van der Waals surface area contributed by atoms with Crippen LogP contribution in [0.4, 0.5) is 5.69 Å². The van der Waals surface area contributed by atoms with Crippen molar-refractivity contribution in [1.82, 2.24) is 20.6 Å². The lowest BCUT2D eigenvalue weighted by molar-refractivity contribution is -0.123. The number of nitrogens with one attached hydrogen (secondary N) is 1. The average molecular weight is 309 g/mol. The Labute approximate surface area is 132 Å². The summed E-state index contributed by atoms with van der Waals surface area (Å²) in [6.45, 7) is 0. The van der Waals surface area contributed by atoms with Crippen LogP contribution in [0, 0.1) is 23.7 Å². The molecule has 7 heteroatoms. The van der Waals surface area contributed by atoms with Gasteiger partial charge in [0.1, 0.15) is 0 Å². The molecule has 4 unspecified atom stereocenters. The van der Waals surface area contributed by atoms with Crippen LogP contribution in [0.2, 0.25) is 0 Å². The van der Waals surface area contributed by atoms with Gasteiger partial charge in [0.25, 0.3) is 0 Å². The quantitative estimate of drug-likeness (QED) is 0.847. The van der Waals surface area contributed by atoms with Gasteiger partial charge in [-0.05, 0) is 60.6 Å². The van der Waals surface area contributed by atoms with Crippen LogP contribution in [-0.2, 0) is 9.59 Å². The molecule has 3 fully saturated rings. The van der Waals surface area contributed by atoms with E-state index in [1.54, 1.807) is 12.1 Å². The first-order valence-corrected chi connectivity index (χ1v) is 7.96. The van der Waals surface area contributed by atoms with E-state index in [2.05, 4.69) is 20.6 Å². The second kappa shape index (κ2) is 4.47.